The van der Waals surface area contributed by atoms with Crippen molar-refractivity contribution < 1.29 is 9.53 Å². The van der Waals surface area contributed by atoms with Crippen LogP contribution < -0.4 is 5.32 Å². The van der Waals surface area contributed by atoms with Crippen LogP contribution in [0.3, 0.4) is 0 Å². The minimum Gasteiger partial charge on any atom is -0.463 e. The maximum absolute atomic E-state index is 11.8. The molecule has 3 nitrogen and oxygen atoms in total. The monoisotopic (exact) mass is 281 g/mol. The highest BCUT2D eigenvalue weighted by molar-refractivity contribution is 7.98. The number of thioether (sulfide) groups is 1. The van der Waals surface area contributed by atoms with Gasteiger partial charge in [-0.2, -0.15) is 11.8 Å². The van der Waals surface area contributed by atoms with E-state index in [1.54, 1.807) is 11.8 Å². The fourth-order valence-corrected chi connectivity index (χ4v) is 2.28. The number of carbonyl (C=O) groups is 1. The summed E-state index contributed by atoms with van der Waals surface area (Å²) in [4.78, 5) is 11.8. The number of carbonyl (C=O) groups excluding carboxylic acids is 1. The second-order valence-corrected chi connectivity index (χ2v) is 5.79. The largest absolute Gasteiger partial charge is 0.463 e. The van der Waals surface area contributed by atoms with Gasteiger partial charge in [0, 0.05) is 11.4 Å². The van der Waals surface area contributed by atoms with Crippen molar-refractivity contribution in [1.82, 2.24) is 0 Å². The summed E-state index contributed by atoms with van der Waals surface area (Å²) in [5.41, 5.74) is 4.57. The number of esters is 1. The molecule has 0 amide bonds. The summed E-state index contributed by atoms with van der Waals surface area (Å²) in [5, 5.41) is 3.25. The second kappa shape index (κ2) is 7.43. The Morgan fingerprint density at radius 1 is 1.32 bits per heavy atom. The SMILES string of the molecule is CSCCOC(=O)[C@H](C)Nc1c(C)cc(C)cc1C. The molecule has 0 fully saturated rings. The van der Waals surface area contributed by atoms with Crippen LogP contribution in [0.25, 0.3) is 0 Å². The zero-order valence-corrected chi connectivity index (χ0v) is 13.2. The Morgan fingerprint density at radius 2 is 1.89 bits per heavy atom. The summed E-state index contributed by atoms with van der Waals surface area (Å²) >= 11 is 1.67. The summed E-state index contributed by atoms with van der Waals surface area (Å²) in [5.74, 6) is 0.634. The fourth-order valence-electron chi connectivity index (χ4n) is 2.03. The summed E-state index contributed by atoms with van der Waals surface area (Å²) in [6.45, 7) is 8.48. The third-order valence-corrected chi connectivity index (χ3v) is 3.50. The van der Waals surface area contributed by atoms with E-state index in [9.17, 15) is 4.79 Å². The van der Waals surface area contributed by atoms with Crippen molar-refractivity contribution in [1.29, 1.82) is 0 Å². The average Bonchev–Trinajstić information content (AvgIpc) is 2.33. The first-order valence-corrected chi connectivity index (χ1v) is 7.85. The molecule has 19 heavy (non-hydrogen) atoms. The smallest absolute Gasteiger partial charge is 0.328 e. The lowest BCUT2D eigenvalue weighted by Gasteiger charge is -2.18. The number of hydrogen-bond acceptors (Lipinski definition) is 4. The minimum atomic E-state index is -0.332. The van der Waals surface area contributed by atoms with Gasteiger partial charge >= 0.3 is 5.97 Å². The first-order valence-electron chi connectivity index (χ1n) is 6.45. The number of benzene rings is 1. The topological polar surface area (TPSA) is 38.3 Å². The molecule has 1 rings (SSSR count). The maximum Gasteiger partial charge on any atom is 0.328 e. The van der Waals surface area contributed by atoms with E-state index in [1.807, 2.05) is 27.0 Å². The van der Waals surface area contributed by atoms with Gasteiger partial charge in [-0.15, -0.1) is 0 Å². The van der Waals surface area contributed by atoms with Crippen LogP contribution in [0.15, 0.2) is 12.1 Å². The number of rotatable bonds is 6. The summed E-state index contributed by atoms with van der Waals surface area (Å²) in [6.07, 6.45) is 1.99. The number of hydrogen-bond donors (Lipinski definition) is 1. The highest BCUT2D eigenvalue weighted by Gasteiger charge is 2.16. The van der Waals surface area contributed by atoms with Gasteiger partial charge in [0.2, 0.25) is 0 Å². The molecule has 0 spiro atoms. The number of anilines is 1. The van der Waals surface area contributed by atoms with E-state index in [2.05, 4.69) is 24.4 Å². The lowest BCUT2D eigenvalue weighted by atomic mass is 10.0. The van der Waals surface area contributed by atoms with E-state index in [0.29, 0.717) is 6.61 Å². The van der Waals surface area contributed by atoms with Gasteiger partial charge < -0.3 is 10.1 Å². The molecule has 1 N–H and O–H groups in total. The Balaban J connectivity index is 2.66. The molecule has 0 aliphatic heterocycles. The first kappa shape index (κ1) is 15.9. The summed E-state index contributed by atoms with van der Waals surface area (Å²) in [6, 6.07) is 3.89. The Labute approximate surface area is 120 Å². The molecule has 0 saturated carbocycles. The summed E-state index contributed by atoms with van der Waals surface area (Å²) < 4.78 is 5.20. The highest BCUT2D eigenvalue weighted by atomic mass is 32.2. The fraction of sp³-hybridized carbons (Fsp3) is 0.533. The van der Waals surface area contributed by atoms with Crippen molar-refractivity contribution >= 4 is 23.4 Å². The Morgan fingerprint density at radius 3 is 2.42 bits per heavy atom. The number of nitrogens with one attached hydrogen (secondary N) is 1. The minimum absolute atomic E-state index is 0.201. The van der Waals surface area contributed by atoms with E-state index < -0.39 is 0 Å². The Bertz CT molecular complexity index is 423. The van der Waals surface area contributed by atoms with Crippen LogP contribution >= 0.6 is 11.8 Å². The van der Waals surface area contributed by atoms with Gasteiger partial charge in [-0.3, -0.25) is 0 Å². The maximum atomic E-state index is 11.8. The van der Waals surface area contributed by atoms with Crippen LogP contribution in [-0.4, -0.2) is 30.6 Å². The molecule has 0 unspecified atom stereocenters. The molecular weight excluding hydrogens is 258 g/mol. The summed E-state index contributed by atoms with van der Waals surface area (Å²) in [7, 11) is 0. The lowest BCUT2D eigenvalue weighted by molar-refractivity contribution is -0.143. The second-order valence-electron chi connectivity index (χ2n) is 4.80. The zero-order chi connectivity index (χ0) is 14.4. The molecule has 0 bridgehead atoms. The quantitative estimate of drug-likeness (QED) is 0.641. The van der Waals surface area contributed by atoms with Gasteiger partial charge in [-0.25, -0.2) is 4.79 Å². The molecule has 106 valence electrons. The van der Waals surface area contributed by atoms with Crippen LogP contribution in [0.1, 0.15) is 23.6 Å². The lowest BCUT2D eigenvalue weighted by Crippen LogP contribution is -2.29. The molecule has 1 atom stereocenters. The molecule has 0 saturated heterocycles. The van der Waals surface area contributed by atoms with Gasteiger partial charge in [-0.1, -0.05) is 17.7 Å². The van der Waals surface area contributed by atoms with Crippen LogP contribution in [0, 0.1) is 20.8 Å². The first-order chi connectivity index (χ1) is 8.95. The van der Waals surface area contributed by atoms with Crippen LogP contribution in [-0.2, 0) is 9.53 Å². The van der Waals surface area contributed by atoms with Gasteiger partial charge in [0.05, 0.1) is 0 Å². The van der Waals surface area contributed by atoms with Gasteiger partial charge in [0.15, 0.2) is 0 Å². The Kier molecular flexibility index (Phi) is 6.22. The molecule has 1 aromatic rings. The molecule has 0 aliphatic rings. The predicted octanol–water partition coefficient (Wildman–Crippen LogP) is 3.32. The van der Waals surface area contributed by atoms with Crippen molar-refractivity contribution in [2.24, 2.45) is 0 Å². The molecular formula is C15H23NO2S. The number of aryl methyl sites for hydroxylation is 3. The molecule has 1 aromatic carbocycles. The van der Waals surface area contributed by atoms with Crippen LogP contribution in [0.4, 0.5) is 5.69 Å². The van der Waals surface area contributed by atoms with E-state index >= 15 is 0 Å². The molecule has 4 heteroatoms. The standard InChI is InChI=1S/C15H23NO2S/c1-10-8-11(2)14(12(3)9-10)16-13(4)15(17)18-6-7-19-5/h8-9,13,16H,6-7H2,1-5H3/t13-/m0/s1. The van der Waals surface area contributed by atoms with Crippen molar-refractivity contribution in [3.05, 3.63) is 28.8 Å². The third kappa shape index (κ3) is 4.78. The van der Waals surface area contributed by atoms with Crippen molar-refractivity contribution in [3.8, 4) is 0 Å². The molecule has 0 aliphatic carbocycles. The van der Waals surface area contributed by atoms with Crippen molar-refractivity contribution in [3.63, 3.8) is 0 Å². The van der Waals surface area contributed by atoms with E-state index in [0.717, 1.165) is 22.6 Å². The van der Waals surface area contributed by atoms with Crippen LogP contribution in [0.2, 0.25) is 0 Å². The van der Waals surface area contributed by atoms with E-state index in [-0.39, 0.29) is 12.0 Å². The van der Waals surface area contributed by atoms with Gasteiger partial charge in [0.25, 0.3) is 0 Å². The average molecular weight is 281 g/mol. The predicted molar refractivity (Wildman–Crippen MR) is 83.1 cm³/mol. The molecule has 0 heterocycles. The van der Waals surface area contributed by atoms with Gasteiger partial charge in [0.1, 0.15) is 12.6 Å². The third-order valence-electron chi connectivity index (χ3n) is 2.92. The van der Waals surface area contributed by atoms with E-state index in [1.165, 1.54) is 5.56 Å². The Hall–Kier alpha value is -1.16. The zero-order valence-electron chi connectivity index (χ0n) is 12.4. The van der Waals surface area contributed by atoms with Crippen LogP contribution in [0.5, 0.6) is 0 Å². The van der Waals surface area contributed by atoms with Gasteiger partial charge in [-0.05, 0) is 45.1 Å². The molecule has 0 radical (unpaired) electrons. The molecule has 0 aromatic heterocycles. The normalized spacial score (nSPS) is 12.1. The highest BCUT2D eigenvalue weighted by Crippen LogP contribution is 2.22. The van der Waals surface area contributed by atoms with Crippen molar-refractivity contribution in [2.75, 3.05) is 23.9 Å². The van der Waals surface area contributed by atoms with E-state index in [4.69, 9.17) is 4.74 Å². The van der Waals surface area contributed by atoms with Crippen molar-refractivity contribution in [2.45, 2.75) is 33.7 Å². The number of ether oxygens (including phenoxy) is 1.